The molecule has 2 aromatic heterocycles. The van der Waals surface area contributed by atoms with Crippen LogP contribution in [-0.2, 0) is 16.6 Å². The Morgan fingerprint density at radius 3 is 2.70 bits per heavy atom. The molecule has 2 rings (SSSR count). The van der Waals surface area contributed by atoms with Gasteiger partial charge >= 0.3 is 0 Å². The SMILES string of the molecule is Cc1nc(NS(=O)(=O)c2n[nH]c(C)c2CO)ccc1Br. The number of pyridine rings is 1. The van der Waals surface area contributed by atoms with Crippen molar-refractivity contribution < 1.29 is 13.5 Å². The normalized spacial score (nSPS) is 11.6. The summed E-state index contributed by atoms with van der Waals surface area (Å²) in [5.41, 5.74) is 1.41. The number of nitrogens with zero attached hydrogens (tertiary/aromatic N) is 2. The number of aromatic amines is 1. The van der Waals surface area contributed by atoms with Crippen LogP contribution in [0, 0.1) is 13.8 Å². The summed E-state index contributed by atoms with van der Waals surface area (Å²) in [4.78, 5) is 4.11. The van der Waals surface area contributed by atoms with Crippen LogP contribution in [-0.4, -0.2) is 28.7 Å². The van der Waals surface area contributed by atoms with E-state index in [1.807, 2.05) is 0 Å². The van der Waals surface area contributed by atoms with Crippen molar-refractivity contribution in [1.29, 1.82) is 0 Å². The van der Waals surface area contributed by atoms with Crippen molar-refractivity contribution in [2.75, 3.05) is 4.72 Å². The number of hydrogen-bond donors (Lipinski definition) is 3. The summed E-state index contributed by atoms with van der Waals surface area (Å²) in [5.74, 6) is 0.190. The number of hydrogen-bond acceptors (Lipinski definition) is 5. The van der Waals surface area contributed by atoms with Crippen LogP contribution in [0.3, 0.4) is 0 Å². The van der Waals surface area contributed by atoms with Crippen LogP contribution in [0.15, 0.2) is 21.6 Å². The molecule has 0 radical (unpaired) electrons. The number of anilines is 1. The fourth-order valence-electron chi connectivity index (χ4n) is 1.63. The molecule has 0 aliphatic heterocycles. The fourth-order valence-corrected chi connectivity index (χ4v) is 3.04. The molecule has 0 aromatic carbocycles. The van der Waals surface area contributed by atoms with Crippen LogP contribution in [0.25, 0.3) is 0 Å². The minimum Gasteiger partial charge on any atom is -0.392 e. The number of H-pyrrole nitrogens is 1. The van der Waals surface area contributed by atoms with Crippen LogP contribution in [0.2, 0.25) is 0 Å². The van der Waals surface area contributed by atoms with Crippen molar-refractivity contribution in [3.63, 3.8) is 0 Å². The summed E-state index contributed by atoms with van der Waals surface area (Å²) in [6, 6.07) is 3.23. The molecule has 3 N–H and O–H groups in total. The zero-order valence-corrected chi connectivity index (χ0v) is 13.2. The zero-order chi connectivity index (χ0) is 14.9. The van der Waals surface area contributed by atoms with Crippen LogP contribution in [0.4, 0.5) is 5.82 Å². The first kappa shape index (κ1) is 14.9. The second-order valence-electron chi connectivity index (χ2n) is 4.16. The van der Waals surface area contributed by atoms with Crippen molar-refractivity contribution in [2.45, 2.75) is 25.5 Å². The lowest BCUT2D eigenvalue weighted by atomic mass is 10.3. The van der Waals surface area contributed by atoms with Crippen molar-refractivity contribution in [1.82, 2.24) is 15.2 Å². The standard InChI is InChI=1S/C11H13BrN4O3S/c1-6-8(5-17)11(15-14-6)20(18,19)16-10-4-3-9(12)7(2)13-10/h3-4,17H,5H2,1-2H3,(H,13,16)(H,14,15). The monoisotopic (exact) mass is 360 g/mol. The van der Waals surface area contributed by atoms with E-state index in [4.69, 9.17) is 0 Å². The highest BCUT2D eigenvalue weighted by Crippen LogP contribution is 2.21. The van der Waals surface area contributed by atoms with Gasteiger partial charge in [0.15, 0.2) is 0 Å². The van der Waals surface area contributed by atoms with Crippen LogP contribution in [0.1, 0.15) is 17.0 Å². The van der Waals surface area contributed by atoms with Gasteiger partial charge in [-0.05, 0) is 41.9 Å². The predicted molar refractivity (Wildman–Crippen MR) is 76.7 cm³/mol. The zero-order valence-electron chi connectivity index (χ0n) is 10.8. The Hall–Kier alpha value is -1.45. The number of aryl methyl sites for hydroxylation is 2. The van der Waals surface area contributed by atoms with Gasteiger partial charge in [0.1, 0.15) is 5.82 Å². The highest BCUT2D eigenvalue weighted by molar-refractivity contribution is 9.10. The smallest absolute Gasteiger partial charge is 0.282 e. The Kier molecular flexibility index (Phi) is 4.11. The van der Waals surface area contributed by atoms with Crippen molar-refractivity contribution in [3.05, 3.63) is 33.6 Å². The van der Waals surface area contributed by atoms with E-state index < -0.39 is 16.6 Å². The van der Waals surface area contributed by atoms with Crippen LogP contribution in [0.5, 0.6) is 0 Å². The highest BCUT2D eigenvalue weighted by Gasteiger charge is 2.24. The first-order valence-electron chi connectivity index (χ1n) is 5.66. The average molecular weight is 361 g/mol. The Morgan fingerprint density at radius 1 is 1.40 bits per heavy atom. The summed E-state index contributed by atoms with van der Waals surface area (Å²) in [7, 11) is -3.90. The fraction of sp³-hybridized carbons (Fsp3) is 0.273. The second kappa shape index (κ2) is 5.51. The van der Waals surface area contributed by atoms with E-state index in [-0.39, 0.29) is 16.4 Å². The first-order chi connectivity index (χ1) is 9.35. The molecule has 108 valence electrons. The Labute approximate surface area is 124 Å². The summed E-state index contributed by atoms with van der Waals surface area (Å²) in [6.07, 6.45) is 0. The number of aliphatic hydroxyl groups excluding tert-OH is 1. The Morgan fingerprint density at radius 2 is 2.10 bits per heavy atom. The predicted octanol–water partition coefficient (Wildman–Crippen LogP) is 1.48. The van der Waals surface area contributed by atoms with Gasteiger partial charge < -0.3 is 5.11 Å². The second-order valence-corrected chi connectivity index (χ2v) is 6.61. The summed E-state index contributed by atoms with van der Waals surface area (Å²) < 4.78 is 27.6. The molecule has 0 spiro atoms. The van der Waals surface area contributed by atoms with Gasteiger partial charge in [-0.1, -0.05) is 0 Å². The molecule has 0 atom stereocenters. The number of nitrogens with one attached hydrogen (secondary N) is 2. The summed E-state index contributed by atoms with van der Waals surface area (Å²) >= 11 is 3.29. The Balaban J connectivity index is 2.38. The van der Waals surface area contributed by atoms with Gasteiger partial charge in [-0.25, -0.2) is 4.98 Å². The van der Waals surface area contributed by atoms with E-state index in [1.54, 1.807) is 19.9 Å². The summed E-state index contributed by atoms with van der Waals surface area (Å²) in [5, 5.41) is 15.3. The number of sulfonamides is 1. The van der Waals surface area contributed by atoms with Crippen molar-refractivity contribution in [3.8, 4) is 0 Å². The third-order valence-electron chi connectivity index (χ3n) is 2.71. The molecule has 7 nitrogen and oxygen atoms in total. The van der Waals surface area contributed by atoms with Gasteiger partial charge in [-0.3, -0.25) is 9.82 Å². The van der Waals surface area contributed by atoms with E-state index in [2.05, 4.69) is 35.8 Å². The molecular formula is C11H13BrN4O3S. The number of halogens is 1. The maximum absolute atomic E-state index is 12.2. The molecule has 2 heterocycles. The molecule has 0 saturated heterocycles. The van der Waals surface area contributed by atoms with E-state index >= 15 is 0 Å². The molecule has 0 bridgehead atoms. The quantitative estimate of drug-likeness (QED) is 0.765. The largest absolute Gasteiger partial charge is 0.392 e. The van der Waals surface area contributed by atoms with Gasteiger partial charge in [0.25, 0.3) is 10.0 Å². The molecule has 0 fully saturated rings. The van der Waals surface area contributed by atoms with Gasteiger partial charge in [0.05, 0.1) is 12.3 Å². The van der Waals surface area contributed by atoms with Gasteiger partial charge in [-0.15, -0.1) is 0 Å². The minimum atomic E-state index is -3.90. The number of aromatic nitrogens is 3. The van der Waals surface area contributed by atoms with Crippen LogP contribution < -0.4 is 4.72 Å². The molecule has 0 saturated carbocycles. The number of rotatable bonds is 4. The van der Waals surface area contributed by atoms with Crippen LogP contribution >= 0.6 is 15.9 Å². The molecule has 0 amide bonds. The van der Waals surface area contributed by atoms with E-state index in [9.17, 15) is 13.5 Å². The number of aliphatic hydroxyl groups is 1. The highest BCUT2D eigenvalue weighted by atomic mass is 79.9. The third kappa shape index (κ3) is 2.84. The minimum absolute atomic E-state index is 0.190. The van der Waals surface area contributed by atoms with Gasteiger partial charge in [0.2, 0.25) is 5.03 Å². The molecule has 2 aromatic rings. The third-order valence-corrected chi connectivity index (χ3v) is 4.87. The van der Waals surface area contributed by atoms with Gasteiger partial charge in [-0.2, -0.15) is 13.5 Å². The van der Waals surface area contributed by atoms with Gasteiger partial charge in [0, 0.05) is 15.7 Å². The summed E-state index contributed by atoms with van der Waals surface area (Å²) in [6.45, 7) is 2.98. The molecule has 0 aliphatic rings. The maximum atomic E-state index is 12.2. The molecule has 0 unspecified atom stereocenters. The molecule has 0 aliphatic carbocycles. The lowest BCUT2D eigenvalue weighted by molar-refractivity contribution is 0.277. The maximum Gasteiger partial charge on any atom is 0.282 e. The molecule has 20 heavy (non-hydrogen) atoms. The topological polar surface area (TPSA) is 108 Å². The van der Waals surface area contributed by atoms with E-state index in [0.717, 1.165) is 4.47 Å². The first-order valence-corrected chi connectivity index (χ1v) is 7.93. The van der Waals surface area contributed by atoms with Crippen molar-refractivity contribution in [2.24, 2.45) is 0 Å². The van der Waals surface area contributed by atoms with Crippen molar-refractivity contribution >= 4 is 31.8 Å². The Bertz CT molecular complexity index is 742. The lowest BCUT2D eigenvalue weighted by Crippen LogP contribution is -2.16. The lowest BCUT2D eigenvalue weighted by Gasteiger charge is -2.07. The molecular weight excluding hydrogens is 348 g/mol. The average Bonchev–Trinajstić information content (AvgIpc) is 2.75. The van der Waals surface area contributed by atoms with E-state index in [1.165, 1.54) is 6.07 Å². The van der Waals surface area contributed by atoms with E-state index in [0.29, 0.717) is 11.4 Å². The molecule has 9 heteroatoms.